The lowest BCUT2D eigenvalue weighted by atomic mass is 10.2. The third-order valence-electron chi connectivity index (χ3n) is 1.74. The van der Waals surface area contributed by atoms with E-state index in [9.17, 15) is 4.79 Å². The fourth-order valence-corrected chi connectivity index (χ4v) is 1.42. The Labute approximate surface area is 84.7 Å². The average Bonchev–Trinajstić information content (AvgIpc) is 2.75. The van der Waals surface area contributed by atoms with E-state index in [0.29, 0.717) is 11.8 Å². The number of phenols is 1. The lowest BCUT2D eigenvalue weighted by Gasteiger charge is -1.91. The van der Waals surface area contributed by atoms with E-state index < -0.39 is 0 Å². The molecule has 3 nitrogen and oxygen atoms in total. The number of rotatable bonds is 1. The summed E-state index contributed by atoms with van der Waals surface area (Å²) in [6.45, 7) is 0. The van der Waals surface area contributed by atoms with Gasteiger partial charge in [0.25, 0.3) is 0 Å². The van der Waals surface area contributed by atoms with Crippen molar-refractivity contribution in [3.05, 3.63) is 35.2 Å². The van der Waals surface area contributed by atoms with Crippen LogP contribution < -0.4 is 0 Å². The Hall–Kier alpha value is -1.68. The molecular weight excluding hydrogens is 198 g/mol. The number of aromatic hydroxyl groups is 1. The van der Waals surface area contributed by atoms with Crippen molar-refractivity contribution in [3.8, 4) is 16.5 Å². The Morgan fingerprint density at radius 2 is 2.07 bits per heavy atom. The zero-order valence-corrected chi connectivity index (χ0v) is 7.99. The maximum atomic E-state index is 10.1. The van der Waals surface area contributed by atoms with Crippen molar-refractivity contribution in [1.29, 1.82) is 0 Å². The zero-order chi connectivity index (χ0) is 9.97. The molecule has 14 heavy (non-hydrogen) atoms. The molecule has 0 saturated heterocycles. The molecule has 2 heterocycles. The number of phenolic OH excluding ortho intramolecular Hbond substituents is 1. The Bertz CT molecular complexity index is 441. The molecule has 4 heteroatoms. The molecule has 1 aromatic carbocycles. The zero-order valence-electron chi connectivity index (χ0n) is 7.18. The van der Waals surface area contributed by atoms with Crippen molar-refractivity contribution in [3.63, 3.8) is 0 Å². The second-order valence-electron chi connectivity index (χ2n) is 2.71. The van der Waals surface area contributed by atoms with E-state index in [4.69, 9.17) is 5.11 Å². The van der Waals surface area contributed by atoms with E-state index in [0.717, 1.165) is 0 Å². The molecule has 3 rings (SSSR count). The van der Waals surface area contributed by atoms with Crippen molar-refractivity contribution < 1.29 is 9.90 Å². The van der Waals surface area contributed by atoms with Gasteiger partial charge in [0.2, 0.25) is 0 Å². The molecule has 0 radical (unpaired) electrons. The van der Waals surface area contributed by atoms with Gasteiger partial charge in [-0.1, -0.05) is 12.1 Å². The number of hydrogen-bond acceptors (Lipinski definition) is 4. The minimum Gasteiger partial charge on any atom is -0.507 e. The summed E-state index contributed by atoms with van der Waals surface area (Å²) in [6, 6.07) is 6.40. The molecule has 0 aromatic heterocycles. The van der Waals surface area contributed by atoms with Gasteiger partial charge >= 0.3 is 0 Å². The Kier molecular flexibility index (Phi) is 2.28. The van der Waals surface area contributed by atoms with Gasteiger partial charge in [0.1, 0.15) is 16.5 Å². The van der Waals surface area contributed by atoms with Crippen LogP contribution in [0.4, 0.5) is 0 Å². The van der Waals surface area contributed by atoms with Crippen LogP contribution >= 0.6 is 11.3 Å². The molecule has 0 aliphatic carbocycles. The number of fused-ring (bicyclic) bond motifs is 1. The summed E-state index contributed by atoms with van der Waals surface area (Å²) < 4.78 is 0. The summed E-state index contributed by atoms with van der Waals surface area (Å²) in [5.41, 5.74) is 1.56. The first-order chi connectivity index (χ1) is 6.81. The molecule has 0 saturated carbocycles. The highest BCUT2D eigenvalue weighted by Crippen LogP contribution is 2.36. The standard InChI is InChI=1S/C7H6O2.C3HNS/c8-5-6-3-1-2-4-7(6)9;1-2-3(4-2)5-1/h1-5,9H;1H. The molecule has 0 unspecified atom stereocenters. The molecule has 2 aliphatic heterocycles. The third kappa shape index (κ3) is 1.80. The number of carbonyl (C=O) groups excluding carboxylic acids is 1. The lowest BCUT2D eigenvalue weighted by Crippen LogP contribution is -1.77. The first kappa shape index (κ1) is 8.90. The molecule has 0 atom stereocenters. The molecule has 0 spiro atoms. The van der Waals surface area contributed by atoms with Gasteiger partial charge in [-0.2, -0.15) is 0 Å². The van der Waals surface area contributed by atoms with Gasteiger partial charge in [0.05, 0.1) is 5.56 Å². The van der Waals surface area contributed by atoms with Gasteiger partial charge in [-0.25, -0.2) is 4.98 Å². The predicted molar refractivity (Wildman–Crippen MR) is 54.6 cm³/mol. The predicted octanol–water partition coefficient (Wildman–Crippen LogP) is 2.33. The minimum absolute atomic E-state index is 0.0347. The van der Waals surface area contributed by atoms with Gasteiger partial charge in [0.15, 0.2) is 6.29 Å². The number of aromatic nitrogens is 1. The van der Waals surface area contributed by atoms with Crippen LogP contribution in [0.3, 0.4) is 0 Å². The molecule has 0 fully saturated rings. The van der Waals surface area contributed by atoms with Gasteiger partial charge in [-0.15, -0.1) is 11.3 Å². The second-order valence-corrected chi connectivity index (χ2v) is 3.57. The Morgan fingerprint density at radius 1 is 1.36 bits per heavy atom. The lowest BCUT2D eigenvalue weighted by molar-refractivity contribution is 0.112. The van der Waals surface area contributed by atoms with Crippen LogP contribution in [0.2, 0.25) is 0 Å². The maximum absolute atomic E-state index is 10.1. The number of hydrogen-bond donors (Lipinski definition) is 1. The number of nitrogens with zero attached hydrogens (tertiary/aromatic N) is 1. The van der Waals surface area contributed by atoms with E-state index in [1.165, 1.54) is 16.8 Å². The molecule has 1 N–H and O–H groups in total. The topological polar surface area (TPSA) is 50.2 Å². The van der Waals surface area contributed by atoms with Crippen LogP contribution in [-0.2, 0) is 0 Å². The van der Waals surface area contributed by atoms with E-state index in [-0.39, 0.29) is 5.75 Å². The van der Waals surface area contributed by atoms with Crippen LogP contribution in [0, 0.1) is 0 Å². The Balaban J connectivity index is 0.000000123. The van der Waals surface area contributed by atoms with Crippen molar-refractivity contribution >= 4 is 17.6 Å². The van der Waals surface area contributed by atoms with Crippen molar-refractivity contribution in [2.45, 2.75) is 0 Å². The average molecular weight is 205 g/mol. The van der Waals surface area contributed by atoms with Crippen LogP contribution in [-0.4, -0.2) is 16.4 Å². The van der Waals surface area contributed by atoms with E-state index in [1.807, 2.05) is 0 Å². The molecule has 0 amide bonds. The van der Waals surface area contributed by atoms with Crippen molar-refractivity contribution in [2.75, 3.05) is 0 Å². The Morgan fingerprint density at radius 3 is 2.36 bits per heavy atom. The molecular formula is C10H7NO2S. The second kappa shape index (κ2) is 3.59. The first-order valence-corrected chi connectivity index (χ1v) is 4.88. The SMILES string of the molecule is O=Cc1ccccc1O.c1sc2nc1-2. The third-order valence-corrected chi connectivity index (χ3v) is 2.60. The summed E-state index contributed by atoms with van der Waals surface area (Å²) in [7, 11) is 0. The van der Waals surface area contributed by atoms with Crippen LogP contribution in [0.15, 0.2) is 29.6 Å². The quantitative estimate of drug-likeness (QED) is 0.620. The largest absolute Gasteiger partial charge is 0.507 e. The summed E-state index contributed by atoms with van der Waals surface area (Å²) in [5.74, 6) is 0.0347. The fraction of sp³-hybridized carbons (Fsp3) is 0. The highest BCUT2D eigenvalue weighted by Gasteiger charge is 2.16. The van der Waals surface area contributed by atoms with E-state index in [2.05, 4.69) is 10.4 Å². The number of para-hydroxylation sites is 1. The monoisotopic (exact) mass is 205 g/mol. The molecule has 2 aliphatic rings. The number of carbonyl (C=O) groups is 1. The minimum atomic E-state index is 0.0347. The summed E-state index contributed by atoms with van der Waals surface area (Å²) in [4.78, 5) is 14.0. The summed E-state index contributed by atoms with van der Waals surface area (Å²) in [5, 5.41) is 12.2. The van der Waals surface area contributed by atoms with Gasteiger partial charge in [0, 0.05) is 5.38 Å². The van der Waals surface area contributed by atoms with E-state index in [1.54, 1.807) is 29.5 Å². The van der Waals surface area contributed by atoms with Crippen molar-refractivity contribution in [2.24, 2.45) is 0 Å². The van der Waals surface area contributed by atoms with Crippen LogP contribution in [0.5, 0.6) is 5.75 Å². The van der Waals surface area contributed by atoms with Crippen molar-refractivity contribution in [1.82, 2.24) is 4.98 Å². The van der Waals surface area contributed by atoms with Crippen LogP contribution in [0.1, 0.15) is 10.4 Å². The molecule has 70 valence electrons. The summed E-state index contributed by atoms with van der Waals surface area (Å²) in [6.07, 6.45) is 0.620. The van der Waals surface area contributed by atoms with Gasteiger partial charge in [-0.05, 0) is 12.1 Å². The normalized spacial score (nSPS) is 10.0. The number of aldehydes is 1. The van der Waals surface area contributed by atoms with Gasteiger partial charge in [-0.3, -0.25) is 4.79 Å². The first-order valence-electron chi connectivity index (χ1n) is 4.00. The van der Waals surface area contributed by atoms with Gasteiger partial charge < -0.3 is 5.11 Å². The molecule has 1 aromatic rings. The molecule has 0 bridgehead atoms. The highest BCUT2D eigenvalue weighted by molar-refractivity contribution is 7.17. The van der Waals surface area contributed by atoms with E-state index >= 15 is 0 Å². The smallest absolute Gasteiger partial charge is 0.153 e. The summed E-state index contributed by atoms with van der Waals surface area (Å²) >= 11 is 1.72. The number of benzene rings is 1. The maximum Gasteiger partial charge on any atom is 0.153 e. The number of thiazole rings is 1. The van der Waals surface area contributed by atoms with Crippen LogP contribution in [0.25, 0.3) is 10.7 Å². The fourth-order valence-electron chi connectivity index (χ4n) is 0.886. The highest BCUT2D eigenvalue weighted by atomic mass is 32.1.